The van der Waals surface area contributed by atoms with Crippen molar-refractivity contribution < 1.29 is 9.84 Å². The Hall–Kier alpha value is -2.01. The number of aliphatic hydroxyl groups excluding tert-OH is 1. The van der Waals surface area contributed by atoms with E-state index in [1.807, 2.05) is 6.07 Å². The third kappa shape index (κ3) is 2.17. The fourth-order valence-electron chi connectivity index (χ4n) is 2.55. The van der Waals surface area contributed by atoms with E-state index in [9.17, 15) is 5.11 Å². The molecule has 5 nitrogen and oxygen atoms in total. The highest BCUT2D eigenvalue weighted by atomic mass is 16.5. The second-order valence-electron chi connectivity index (χ2n) is 4.64. The SMILES string of the molecule is COc1ccc(C(O)C2CCc3cccnc32)nn1. The van der Waals surface area contributed by atoms with Gasteiger partial charge in [-0.2, -0.15) is 0 Å². The number of hydrogen-bond acceptors (Lipinski definition) is 5. The average Bonchev–Trinajstić information content (AvgIpc) is 2.90. The molecule has 2 aromatic heterocycles. The number of ether oxygens (including phenoxy) is 1. The highest BCUT2D eigenvalue weighted by molar-refractivity contribution is 5.31. The largest absolute Gasteiger partial charge is 0.480 e. The number of nitrogens with zero attached hydrogens (tertiary/aromatic N) is 3. The maximum atomic E-state index is 10.4. The summed E-state index contributed by atoms with van der Waals surface area (Å²) >= 11 is 0. The van der Waals surface area contributed by atoms with E-state index in [-0.39, 0.29) is 5.92 Å². The van der Waals surface area contributed by atoms with Gasteiger partial charge in [0.2, 0.25) is 5.88 Å². The number of fused-ring (bicyclic) bond motifs is 1. The summed E-state index contributed by atoms with van der Waals surface area (Å²) in [5, 5.41) is 18.4. The molecule has 0 spiro atoms. The fraction of sp³-hybridized carbons (Fsp3) is 0.357. The van der Waals surface area contributed by atoms with Crippen LogP contribution in [0, 0.1) is 0 Å². The van der Waals surface area contributed by atoms with Crippen LogP contribution in [-0.4, -0.2) is 27.4 Å². The van der Waals surface area contributed by atoms with Gasteiger partial charge in [0.1, 0.15) is 6.10 Å². The molecule has 5 heteroatoms. The van der Waals surface area contributed by atoms with Crippen LogP contribution in [0.4, 0.5) is 0 Å². The first-order valence-electron chi connectivity index (χ1n) is 6.29. The Morgan fingerprint density at radius 3 is 2.95 bits per heavy atom. The Morgan fingerprint density at radius 2 is 2.21 bits per heavy atom. The van der Waals surface area contributed by atoms with Gasteiger partial charge in [-0.3, -0.25) is 4.98 Å². The van der Waals surface area contributed by atoms with E-state index in [0.717, 1.165) is 18.5 Å². The first-order chi connectivity index (χ1) is 9.29. The molecule has 1 N–H and O–H groups in total. The van der Waals surface area contributed by atoms with Crippen LogP contribution in [0.1, 0.15) is 35.4 Å². The lowest BCUT2D eigenvalue weighted by Crippen LogP contribution is -2.11. The van der Waals surface area contributed by atoms with Gasteiger partial charge >= 0.3 is 0 Å². The number of aryl methyl sites for hydroxylation is 1. The van der Waals surface area contributed by atoms with Crippen LogP contribution >= 0.6 is 0 Å². The Kier molecular flexibility index (Phi) is 3.13. The van der Waals surface area contributed by atoms with E-state index in [1.165, 1.54) is 12.7 Å². The van der Waals surface area contributed by atoms with Gasteiger partial charge in [-0.1, -0.05) is 6.07 Å². The van der Waals surface area contributed by atoms with Gasteiger partial charge in [-0.25, -0.2) is 0 Å². The van der Waals surface area contributed by atoms with Crippen molar-refractivity contribution in [3.63, 3.8) is 0 Å². The quantitative estimate of drug-likeness (QED) is 0.905. The third-order valence-electron chi connectivity index (χ3n) is 3.56. The third-order valence-corrected chi connectivity index (χ3v) is 3.56. The maximum absolute atomic E-state index is 10.4. The number of hydrogen-bond donors (Lipinski definition) is 1. The second kappa shape index (κ2) is 4.93. The molecule has 0 bridgehead atoms. The van der Waals surface area contributed by atoms with Crippen LogP contribution in [0.3, 0.4) is 0 Å². The van der Waals surface area contributed by atoms with Gasteiger partial charge in [0.25, 0.3) is 0 Å². The predicted octanol–water partition coefficient (Wildman–Crippen LogP) is 1.64. The number of methoxy groups -OCH3 is 1. The first kappa shape index (κ1) is 12.0. The molecule has 0 saturated heterocycles. The van der Waals surface area contributed by atoms with E-state index in [1.54, 1.807) is 18.3 Å². The molecule has 0 amide bonds. The number of aliphatic hydroxyl groups is 1. The molecular formula is C14H15N3O2. The number of aromatic nitrogens is 3. The summed E-state index contributed by atoms with van der Waals surface area (Å²) in [7, 11) is 1.54. The van der Waals surface area contributed by atoms with Crippen molar-refractivity contribution in [3.05, 3.63) is 47.4 Å². The van der Waals surface area contributed by atoms with Crippen LogP contribution in [0.25, 0.3) is 0 Å². The summed E-state index contributed by atoms with van der Waals surface area (Å²) in [6.07, 6.45) is 2.94. The van der Waals surface area contributed by atoms with Crippen molar-refractivity contribution in [1.82, 2.24) is 15.2 Å². The molecule has 19 heavy (non-hydrogen) atoms. The molecule has 2 unspecified atom stereocenters. The van der Waals surface area contributed by atoms with Gasteiger partial charge in [-0.05, 0) is 30.5 Å². The van der Waals surface area contributed by atoms with Gasteiger partial charge in [0.15, 0.2) is 0 Å². The van der Waals surface area contributed by atoms with Gasteiger partial charge in [0, 0.05) is 23.9 Å². The van der Waals surface area contributed by atoms with Crippen molar-refractivity contribution in [3.8, 4) is 5.88 Å². The van der Waals surface area contributed by atoms with E-state index in [2.05, 4.69) is 21.2 Å². The summed E-state index contributed by atoms with van der Waals surface area (Å²) in [6, 6.07) is 7.45. The molecular weight excluding hydrogens is 242 g/mol. The minimum atomic E-state index is -0.672. The van der Waals surface area contributed by atoms with Crippen LogP contribution in [0.15, 0.2) is 30.5 Å². The van der Waals surface area contributed by atoms with Gasteiger partial charge in [-0.15, -0.1) is 10.2 Å². The standard InChI is InChI=1S/C14H15N3O2/c1-19-12-7-6-11(16-17-12)14(18)10-5-4-9-3-2-8-15-13(9)10/h2-3,6-8,10,14,18H,4-5H2,1H3. The maximum Gasteiger partial charge on any atom is 0.233 e. The highest BCUT2D eigenvalue weighted by Crippen LogP contribution is 2.39. The molecule has 2 atom stereocenters. The highest BCUT2D eigenvalue weighted by Gasteiger charge is 2.31. The zero-order valence-corrected chi connectivity index (χ0v) is 10.7. The summed E-state index contributed by atoms with van der Waals surface area (Å²) in [5.41, 5.74) is 2.75. The lowest BCUT2D eigenvalue weighted by molar-refractivity contribution is 0.137. The van der Waals surface area contributed by atoms with Gasteiger partial charge in [0.05, 0.1) is 12.8 Å². The van der Waals surface area contributed by atoms with Crippen LogP contribution < -0.4 is 4.74 Å². The Morgan fingerprint density at radius 1 is 1.32 bits per heavy atom. The fourth-order valence-corrected chi connectivity index (χ4v) is 2.55. The molecule has 2 heterocycles. The molecule has 0 saturated carbocycles. The van der Waals surface area contributed by atoms with Crippen molar-refractivity contribution in [1.29, 1.82) is 0 Å². The molecule has 2 aromatic rings. The van der Waals surface area contributed by atoms with Crippen molar-refractivity contribution >= 4 is 0 Å². The zero-order valence-electron chi connectivity index (χ0n) is 10.7. The smallest absolute Gasteiger partial charge is 0.233 e. The summed E-state index contributed by atoms with van der Waals surface area (Å²) in [6.45, 7) is 0. The van der Waals surface area contributed by atoms with Crippen molar-refractivity contribution in [2.75, 3.05) is 7.11 Å². The Labute approximate surface area is 111 Å². The molecule has 0 aliphatic heterocycles. The van der Waals surface area contributed by atoms with Crippen LogP contribution in [0.5, 0.6) is 5.88 Å². The predicted molar refractivity (Wildman–Crippen MR) is 68.8 cm³/mol. The molecule has 1 aliphatic carbocycles. The molecule has 3 rings (SSSR count). The van der Waals surface area contributed by atoms with E-state index in [4.69, 9.17) is 4.74 Å². The topological polar surface area (TPSA) is 68.1 Å². The Balaban J connectivity index is 1.86. The molecule has 0 radical (unpaired) electrons. The Bertz CT molecular complexity index is 571. The minimum absolute atomic E-state index is 0.00102. The number of pyridine rings is 1. The van der Waals surface area contributed by atoms with E-state index in [0.29, 0.717) is 11.6 Å². The zero-order chi connectivity index (χ0) is 13.2. The summed E-state index contributed by atoms with van der Waals surface area (Å²) in [5.74, 6) is 0.444. The van der Waals surface area contributed by atoms with Crippen LogP contribution in [0.2, 0.25) is 0 Å². The average molecular weight is 257 g/mol. The lowest BCUT2D eigenvalue weighted by atomic mass is 9.97. The molecule has 1 aliphatic rings. The summed E-state index contributed by atoms with van der Waals surface area (Å²) in [4.78, 5) is 4.39. The summed E-state index contributed by atoms with van der Waals surface area (Å²) < 4.78 is 4.96. The number of rotatable bonds is 3. The lowest BCUT2D eigenvalue weighted by Gasteiger charge is -2.17. The second-order valence-corrected chi connectivity index (χ2v) is 4.64. The van der Waals surface area contributed by atoms with Gasteiger partial charge < -0.3 is 9.84 Å². The molecule has 98 valence electrons. The minimum Gasteiger partial charge on any atom is -0.480 e. The monoisotopic (exact) mass is 257 g/mol. The van der Waals surface area contributed by atoms with E-state index >= 15 is 0 Å². The van der Waals surface area contributed by atoms with Crippen molar-refractivity contribution in [2.24, 2.45) is 0 Å². The normalized spacial score (nSPS) is 18.9. The van der Waals surface area contributed by atoms with E-state index < -0.39 is 6.10 Å². The molecule has 0 aromatic carbocycles. The van der Waals surface area contributed by atoms with Crippen molar-refractivity contribution in [2.45, 2.75) is 24.9 Å². The molecule has 0 fully saturated rings. The first-order valence-corrected chi connectivity index (χ1v) is 6.29. The van der Waals surface area contributed by atoms with Crippen LogP contribution in [-0.2, 0) is 6.42 Å².